The van der Waals surface area contributed by atoms with Crippen molar-refractivity contribution in [2.75, 3.05) is 18.8 Å². The Morgan fingerprint density at radius 2 is 2.41 bits per heavy atom. The Labute approximate surface area is 134 Å². The third-order valence-electron chi connectivity index (χ3n) is 2.91. The number of nitrogens with one attached hydrogen (secondary N) is 2. The van der Waals surface area contributed by atoms with Gasteiger partial charge in [-0.1, -0.05) is 17.8 Å². The Balaban J connectivity index is 1.53. The van der Waals surface area contributed by atoms with E-state index in [1.165, 1.54) is 16.7 Å². The molecule has 3 heterocycles. The molecule has 2 aromatic heterocycles. The first kappa shape index (κ1) is 14.8. The summed E-state index contributed by atoms with van der Waals surface area (Å²) in [7, 11) is 0. The number of thiophene rings is 1. The number of carbonyl (C=O) groups is 2. The summed E-state index contributed by atoms with van der Waals surface area (Å²) in [4.78, 5) is 29.9. The molecule has 22 heavy (non-hydrogen) atoms. The van der Waals surface area contributed by atoms with Gasteiger partial charge in [-0.25, -0.2) is 9.78 Å². The van der Waals surface area contributed by atoms with Crippen LogP contribution in [-0.4, -0.2) is 50.9 Å². The van der Waals surface area contributed by atoms with Gasteiger partial charge in [0.1, 0.15) is 5.82 Å². The minimum atomic E-state index is -0.333. The van der Waals surface area contributed by atoms with Gasteiger partial charge in [-0.05, 0) is 23.6 Å². The molecule has 0 aromatic carbocycles. The van der Waals surface area contributed by atoms with Crippen molar-refractivity contribution in [2.45, 2.75) is 5.16 Å². The molecule has 2 N–H and O–H groups in total. The Morgan fingerprint density at radius 1 is 1.50 bits per heavy atom. The van der Waals surface area contributed by atoms with E-state index in [1.54, 1.807) is 11.3 Å². The average Bonchev–Trinajstić information content (AvgIpc) is 3.24. The lowest BCUT2D eigenvalue weighted by Crippen LogP contribution is -2.35. The van der Waals surface area contributed by atoms with Gasteiger partial charge >= 0.3 is 6.03 Å². The number of aromatic nitrogens is 3. The van der Waals surface area contributed by atoms with Gasteiger partial charge in [0.05, 0.1) is 5.75 Å². The highest BCUT2D eigenvalue weighted by Gasteiger charge is 2.26. The van der Waals surface area contributed by atoms with Crippen LogP contribution in [-0.2, 0) is 4.79 Å². The maximum Gasteiger partial charge on any atom is 0.324 e. The summed E-state index contributed by atoms with van der Waals surface area (Å²) in [5.74, 6) is 0.530. The normalized spacial score (nSPS) is 14.7. The second kappa shape index (κ2) is 6.75. The van der Waals surface area contributed by atoms with Gasteiger partial charge in [-0.15, -0.1) is 16.4 Å². The van der Waals surface area contributed by atoms with Crippen LogP contribution in [0.25, 0.3) is 12.2 Å². The number of imide groups is 1. The van der Waals surface area contributed by atoms with Crippen LogP contribution in [0.1, 0.15) is 10.7 Å². The molecule has 0 bridgehead atoms. The van der Waals surface area contributed by atoms with E-state index < -0.39 is 0 Å². The van der Waals surface area contributed by atoms with Crippen molar-refractivity contribution in [3.8, 4) is 0 Å². The lowest BCUT2D eigenvalue weighted by molar-refractivity contribution is -0.124. The summed E-state index contributed by atoms with van der Waals surface area (Å²) < 4.78 is 0. The molecule has 0 radical (unpaired) electrons. The molecule has 0 unspecified atom stereocenters. The number of aromatic amines is 1. The number of nitrogens with zero attached hydrogens (tertiary/aromatic N) is 3. The molecule has 0 aliphatic carbocycles. The number of hydrogen-bond acceptors (Lipinski definition) is 6. The first-order valence-electron chi connectivity index (χ1n) is 6.57. The number of rotatable bonds is 5. The van der Waals surface area contributed by atoms with Crippen molar-refractivity contribution in [3.63, 3.8) is 0 Å². The molecule has 7 nitrogen and oxygen atoms in total. The van der Waals surface area contributed by atoms with Crippen molar-refractivity contribution in [3.05, 3.63) is 28.2 Å². The quantitative estimate of drug-likeness (QED) is 0.811. The molecule has 1 aliphatic rings. The average molecular weight is 335 g/mol. The fraction of sp³-hybridized carbons (Fsp3) is 0.231. The summed E-state index contributed by atoms with van der Waals surface area (Å²) in [5.41, 5.74) is 0. The van der Waals surface area contributed by atoms with Gasteiger partial charge < -0.3 is 5.32 Å². The second-order valence-electron chi connectivity index (χ2n) is 4.42. The number of H-pyrrole nitrogens is 1. The molecule has 3 rings (SSSR count). The van der Waals surface area contributed by atoms with E-state index in [9.17, 15) is 9.59 Å². The molecule has 2 aromatic rings. The van der Waals surface area contributed by atoms with Crippen LogP contribution in [0.4, 0.5) is 4.79 Å². The summed E-state index contributed by atoms with van der Waals surface area (Å²) in [6, 6.07) is 3.65. The Morgan fingerprint density at radius 3 is 3.14 bits per heavy atom. The van der Waals surface area contributed by atoms with E-state index in [1.807, 2.05) is 29.7 Å². The maximum atomic E-state index is 11.9. The number of hydrogen-bond donors (Lipinski definition) is 2. The lowest BCUT2D eigenvalue weighted by Gasteiger charge is -2.10. The first-order chi connectivity index (χ1) is 10.7. The van der Waals surface area contributed by atoms with Gasteiger partial charge in [0.15, 0.2) is 0 Å². The molecular weight excluding hydrogens is 322 g/mol. The van der Waals surface area contributed by atoms with Crippen molar-refractivity contribution < 1.29 is 9.59 Å². The smallest absolute Gasteiger partial charge is 0.324 e. The molecule has 1 aliphatic heterocycles. The third kappa shape index (κ3) is 3.55. The zero-order valence-electron chi connectivity index (χ0n) is 11.5. The van der Waals surface area contributed by atoms with Gasteiger partial charge in [-0.3, -0.25) is 14.8 Å². The standard InChI is InChI=1S/C13H13N5O2S2/c19-11(18-6-5-14-13(18)20)8-22-12-15-10(16-17-12)4-3-9-2-1-7-21-9/h1-4,7H,5-6,8H2,(H,14,20)(H,15,16,17)/b4-3+. The van der Waals surface area contributed by atoms with Crippen LogP contribution < -0.4 is 5.32 Å². The predicted octanol–water partition coefficient (Wildman–Crippen LogP) is 1.68. The second-order valence-corrected chi connectivity index (χ2v) is 6.34. The zero-order chi connectivity index (χ0) is 15.4. The van der Waals surface area contributed by atoms with Crippen LogP contribution in [0.15, 0.2) is 22.7 Å². The van der Waals surface area contributed by atoms with Crippen molar-refractivity contribution in [1.29, 1.82) is 0 Å². The zero-order valence-corrected chi connectivity index (χ0v) is 13.1. The van der Waals surface area contributed by atoms with Gasteiger partial charge in [0.25, 0.3) is 0 Å². The fourth-order valence-corrected chi connectivity index (χ4v) is 3.16. The van der Waals surface area contributed by atoms with E-state index in [-0.39, 0.29) is 17.7 Å². The van der Waals surface area contributed by atoms with Crippen molar-refractivity contribution in [1.82, 2.24) is 25.4 Å². The van der Waals surface area contributed by atoms with Gasteiger partial charge in [0.2, 0.25) is 11.1 Å². The number of amides is 3. The third-order valence-corrected chi connectivity index (χ3v) is 4.58. The summed E-state index contributed by atoms with van der Waals surface area (Å²) in [6.45, 7) is 0.925. The highest BCUT2D eigenvalue weighted by molar-refractivity contribution is 7.99. The van der Waals surface area contributed by atoms with Gasteiger partial charge in [0, 0.05) is 18.0 Å². The molecule has 9 heteroatoms. The van der Waals surface area contributed by atoms with Crippen LogP contribution in [0.2, 0.25) is 0 Å². The summed E-state index contributed by atoms with van der Waals surface area (Å²) >= 11 is 2.84. The first-order valence-corrected chi connectivity index (χ1v) is 8.44. The molecule has 114 valence electrons. The topological polar surface area (TPSA) is 91.0 Å². The van der Waals surface area contributed by atoms with Crippen LogP contribution in [0, 0.1) is 0 Å². The molecule has 1 fully saturated rings. The summed E-state index contributed by atoms with van der Waals surface area (Å²) in [6.07, 6.45) is 3.78. The highest BCUT2D eigenvalue weighted by Crippen LogP contribution is 2.16. The molecule has 0 saturated carbocycles. The molecule has 0 atom stereocenters. The van der Waals surface area contributed by atoms with Crippen molar-refractivity contribution >= 4 is 47.2 Å². The largest absolute Gasteiger partial charge is 0.336 e. The molecular formula is C13H13N5O2S2. The van der Waals surface area contributed by atoms with E-state index in [0.717, 1.165) is 4.88 Å². The molecule has 1 saturated heterocycles. The van der Waals surface area contributed by atoms with Crippen LogP contribution in [0.5, 0.6) is 0 Å². The number of thioether (sulfide) groups is 1. The highest BCUT2D eigenvalue weighted by atomic mass is 32.2. The Kier molecular flexibility index (Phi) is 4.54. The monoisotopic (exact) mass is 335 g/mol. The van der Waals surface area contributed by atoms with E-state index in [4.69, 9.17) is 0 Å². The fourth-order valence-electron chi connectivity index (χ4n) is 1.86. The Bertz CT molecular complexity index is 695. The molecule has 3 amide bonds. The summed E-state index contributed by atoms with van der Waals surface area (Å²) in [5, 5.41) is 11.9. The molecule has 0 spiro atoms. The lowest BCUT2D eigenvalue weighted by atomic mass is 10.4. The van der Waals surface area contributed by atoms with E-state index in [2.05, 4.69) is 20.5 Å². The van der Waals surface area contributed by atoms with Crippen LogP contribution in [0.3, 0.4) is 0 Å². The SMILES string of the molecule is O=C(CSc1n[nH]c(/C=C/c2cccs2)n1)N1CCNC1=O. The number of urea groups is 1. The minimum Gasteiger partial charge on any atom is -0.336 e. The Hall–Kier alpha value is -2.13. The predicted molar refractivity (Wildman–Crippen MR) is 85.5 cm³/mol. The van der Waals surface area contributed by atoms with Crippen molar-refractivity contribution in [2.24, 2.45) is 0 Å². The van der Waals surface area contributed by atoms with E-state index in [0.29, 0.717) is 24.1 Å². The van der Waals surface area contributed by atoms with Crippen LogP contribution >= 0.6 is 23.1 Å². The number of carbonyl (C=O) groups excluding carboxylic acids is 2. The van der Waals surface area contributed by atoms with Gasteiger partial charge in [-0.2, -0.15) is 0 Å². The van der Waals surface area contributed by atoms with E-state index >= 15 is 0 Å². The minimum absolute atomic E-state index is 0.138. The maximum absolute atomic E-state index is 11.9.